The summed E-state index contributed by atoms with van der Waals surface area (Å²) in [6.07, 6.45) is 1.01. The molecule has 0 spiro atoms. The zero-order valence-corrected chi connectivity index (χ0v) is 9.19. The number of likely N-dealkylation sites (tertiary alicyclic amines) is 1. The number of carbonyl (C=O) groups excluding carboxylic acids is 1. The van der Waals surface area contributed by atoms with Crippen molar-refractivity contribution in [1.29, 1.82) is 0 Å². The van der Waals surface area contributed by atoms with Crippen molar-refractivity contribution >= 4 is 12.0 Å². The fourth-order valence-corrected chi connectivity index (χ4v) is 1.78. The van der Waals surface area contributed by atoms with Crippen LogP contribution >= 0.6 is 0 Å². The van der Waals surface area contributed by atoms with Gasteiger partial charge in [-0.2, -0.15) is 0 Å². The average Bonchev–Trinajstić information content (AvgIpc) is 2.62. The van der Waals surface area contributed by atoms with Crippen LogP contribution in [0.25, 0.3) is 0 Å². The highest BCUT2D eigenvalue weighted by Gasteiger charge is 2.27. The molecule has 1 rings (SSSR count). The maximum absolute atomic E-state index is 11.5. The molecule has 1 aliphatic heterocycles. The third-order valence-corrected chi connectivity index (χ3v) is 2.85. The van der Waals surface area contributed by atoms with Crippen LogP contribution in [-0.4, -0.2) is 41.6 Å². The number of nitrogens with zero attached hydrogens (tertiary/aromatic N) is 1. The molecule has 15 heavy (non-hydrogen) atoms. The summed E-state index contributed by atoms with van der Waals surface area (Å²) in [6, 6.07) is -0.263. The molecule has 0 aromatic carbocycles. The summed E-state index contributed by atoms with van der Waals surface area (Å²) >= 11 is 0. The molecule has 2 N–H and O–H groups in total. The van der Waals surface area contributed by atoms with Crippen LogP contribution in [0.3, 0.4) is 0 Å². The number of hydrogen-bond donors (Lipinski definition) is 2. The maximum Gasteiger partial charge on any atom is 0.323 e. The van der Waals surface area contributed by atoms with E-state index >= 15 is 0 Å². The summed E-state index contributed by atoms with van der Waals surface area (Å²) in [5, 5.41) is 10.8. The van der Waals surface area contributed by atoms with E-state index in [9.17, 15) is 9.59 Å². The summed E-state index contributed by atoms with van der Waals surface area (Å²) in [5.74, 6) is 0.103. The number of aliphatic carboxylic acids is 1. The lowest BCUT2D eigenvalue weighted by Crippen LogP contribution is -2.40. The average molecular weight is 214 g/mol. The molecular weight excluding hydrogens is 196 g/mol. The number of nitrogens with one attached hydrogen (secondary N) is 1. The molecule has 0 bridgehead atoms. The Hall–Kier alpha value is -1.26. The highest BCUT2D eigenvalue weighted by atomic mass is 16.4. The lowest BCUT2D eigenvalue weighted by molar-refractivity contribution is -0.135. The number of carboxylic acid groups (broad SMARTS) is 1. The Morgan fingerprint density at radius 3 is 2.67 bits per heavy atom. The Morgan fingerprint density at radius 1 is 1.53 bits per heavy atom. The van der Waals surface area contributed by atoms with Gasteiger partial charge in [0, 0.05) is 13.1 Å². The molecule has 0 aliphatic carbocycles. The van der Waals surface area contributed by atoms with Gasteiger partial charge in [0.05, 0.1) is 0 Å². The van der Waals surface area contributed by atoms with Crippen molar-refractivity contribution in [2.75, 3.05) is 19.6 Å². The fraction of sp³-hybridized carbons (Fsp3) is 0.800. The first kappa shape index (κ1) is 11.8. The van der Waals surface area contributed by atoms with Crippen LogP contribution in [0, 0.1) is 11.8 Å². The minimum Gasteiger partial charge on any atom is -0.480 e. The van der Waals surface area contributed by atoms with Crippen molar-refractivity contribution in [2.24, 2.45) is 11.8 Å². The second-order valence-electron chi connectivity index (χ2n) is 4.29. The van der Waals surface area contributed by atoms with Crippen molar-refractivity contribution < 1.29 is 14.7 Å². The monoisotopic (exact) mass is 214 g/mol. The first-order valence-corrected chi connectivity index (χ1v) is 5.25. The highest BCUT2D eigenvalue weighted by molar-refractivity contribution is 5.80. The van der Waals surface area contributed by atoms with Crippen LogP contribution in [0.1, 0.15) is 20.3 Å². The number of amides is 2. The van der Waals surface area contributed by atoms with Crippen LogP contribution in [0.2, 0.25) is 0 Å². The van der Waals surface area contributed by atoms with Gasteiger partial charge in [-0.05, 0) is 18.3 Å². The number of carbonyl (C=O) groups is 2. The zero-order valence-electron chi connectivity index (χ0n) is 9.19. The third kappa shape index (κ3) is 3.42. The minimum atomic E-state index is -1.01. The van der Waals surface area contributed by atoms with Gasteiger partial charge in [0.1, 0.15) is 6.54 Å². The molecule has 2 amide bonds. The molecule has 0 radical (unpaired) electrons. The van der Waals surface area contributed by atoms with Crippen molar-refractivity contribution in [3.8, 4) is 0 Å². The first-order valence-electron chi connectivity index (χ1n) is 5.25. The van der Waals surface area contributed by atoms with Gasteiger partial charge in [0.2, 0.25) is 0 Å². The van der Waals surface area contributed by atoms with Crippen molar-refractivity contribution in [3.05, 3.63) is 0 Å². The lowest BCUT2D eigenvalue weighted by Gasteiger charge is -2.18. The summed E-state index contributed by atoms with van der Waals surface area (Å²) in [5.41, 5.74) is 0. The Bertz CT molecular complexity index is 253. The van der Waals surface area contributed by atoms with Gasteiger partial charge in [0.15, 0.2) is 0 Å². The van der Waals surface area contributed by atoms with E-state index in [1.54, 1.807) is 4.90 Å². The second kappa shape index (κ2) is 5.00. The van der Waals surface area contributed by atoms with E-state index in [0.29, 0.717) is 11.8 Å². The van der Waals surface area contributed by atoms with Crippen molar-refractivity contribution in [2.45, 2.75) is 20.3 Å². The third-order valence-electron chi connectivity index (χ3n) is 2.85. The Balaban J connectivity index is 2.33. The molecule has 0 aromatic heterocycles. The molecule has 0 saturated carbocycles. The molecule has 1 unspecified atom stereocenters. The summed E-state index contributed by atoms with van der Waals surface area (Å²) in [7, 11) is 0. The standard InChI is InChI=1S/C10H18N2O3/c1-7(2)8-3-4-12(6-8)10(15)11-5-9(13)14/h7-8H,3-6H2,1-2H3,(H,11,15)(H,13,14). The molecule has 86 valence electrons. The van der Waals surface area contributed by atoms with E-state index in [2.05, 4.69) is 19.2 Å². The highest BCUT2D eigenvalue weighted by Crippen LogP contribution is 2.23. The van der Waals surface area contributed by atoms with Crippen LogP contribution in [0.4, 0.5) is 4.79 Å². The molecule has 1 fully saturated rings. The van der Waals surface area contributed by atoms with E-state index < -0.39 is 5.97 Å². The van der Waals surface area contributed by atoms with Gasteiger partial charge in [-0.1, -0.05) is 13.8 Å². The number of urea groups is 1. The SMILES string of the molecule is CC(C)C1CCN(C(=O)NCC(=O)O)C1. The van der Waals surface area contributed by atoms with Crippen molar-refractivity contribution in [3.63, 3.8) is 0 Å². The number of hydrogen-bond acceptors (Lipinski definition) is 2. The molecule has 1 aliphatic rings. The van der Waals surface area contributed by atoms with Gasteiger partial charge < -0.3 is 15.3 Å². The first-order chi connectivity index (χ1) is 7.00. The maximum atomic E-state index is 11.5. The molecule has 1 heterocycles. The quantitative estimate of drug-likeness (QED) is 0.728. The zero-order chi connectivity index (χ0) is 11.4. The lowest BCUT2D eigenvalue weighted by atomic mass is 9.95. The van der Waals surface area contributed by atoms with Crippen LogP contribution in [-0.2, 0) is 4.79 Å². The molecule has 5 heteroatoms. The normalized spacial score (nSPS) is 20.7. The predicted octanol–water partition coefficient (Wildman–Crippen LogP) is 0.758. The van der Waals surface area contributed by atoms with E-state index in [4.69, 9.17) is 5.11 Å². The van der Waals surface area contributed by atoms with Gasteiger partial charge in [-0.25, -0.2) is 4.79 Å². The Kier molecular flexibility index (Phi) is 3.94. The summed E-state index contributed by atoms with van der Waals surface area (Å²) in [6.45, 7) is 5.45. The van der Waals surface area contributed by atoms with E-state index in [-0.39, 0.29) is 12.6 Å². The van der Waals surface area contributed by atoms with Gasteiger partial charge in [-0.3, -0.25) is 4.79 Å². The predicted molar refractivity (Wildman–Crippen MR) is 55.6 cm³/mol. The molecule has 1 saturated heterocycles. The van der Waals surface area contributed by atoms with E-state index in [0.717, 1.165) is 19.5 Å². The van der Waals surface area contributed by atoms with Gasteiger partial charge in [-0.15, -0.1) is 0 Å². The fourth-order valence-electron chi connectivity index (χ4n) is 1.78. The summed E-state index contributed by atoms with van der Waals surface area (Å²) < 4.78 is 0. The number of carboxylic acids is 1. The molecule has 0 aromatic rings. The van der Waals surface area contributed by atoms with Gasteiger partial charge in [0.25, 0.3) is 0 Å². The smallest absolute Gasteiger partial charge is 0.323 e. The van der Waals surface area contributed by atoms with E-state index in [1.165, 1.54) is 0 Å². The second-order valence-corrected chi connectivity index (χ2v) is 4.29. The van der Waals surface area contributed by atoms with Crippen molar-refractivity contribution in [1.82, 2.24) is 10.2 Å². The van der Waals surface area contributed by atoms with Crippen LogP contribution in [0.15, 0.2) is 0 Å². The van der Waals surface area contributed by atoms with Crippen LogP contribution < -0.4 is 5.32 Å². The van der Waals surface area contributed by atoms with Gasteiger partial charge >= 0.3 is 12.0 Å². The Morgan fingerprint density at radius 2 is 2.20 bits per heavy atom. The number of rotatable bonds is 3. The topological polar surface area (TPSA) is 69.6 Å². The van der Waals surface area contributed by atoms with Crippen LogP contribution in [0.5, 0.6) is 0 Å². The summed E-state index contributed by atoms with van der Waals surface area (Å²) in [4.78, 5) is 23.4. The van der Waals surface area contributed by atoms with E-state index in [1.807, 2.05) is 0 Å². The molecule has 5 nitrogen and oxygen atoms in total. The largest absolute Gasteiger partial charge is 0.480 e. The molecular formula is C10H18N2O3. The minimum absolute atomic E-state index is 0.263. The molecule has 1 atom stereocenters. The Labute approximate surface area is 89.4 Å².